The maximum atomic E-state index is 11.8. The second kappa shape index (κ2) is 8.42. The molecule has 15 heteroatoms. The van der Waals surface area contributed by atoms with Crippen molar-refractivity contribution < 1.29 is 46.1 Å². The molecule has 0 fully saturated rings. The smallest absolute Gasteiger partial charge is 0.340 e. The standard InChI is InChI=1S/C21H15N3O10S2/c22-14-5-4-10-13(6-9(7-16(10)25)35(29,30)31)19(14)24-23-15-8-12-11(18(20(15)26)21(27)28)2-1-3-17(12)36(32,33)34/h1-8,25-26H,22H2,(H,27,28)(H,29,30,31)(H,32,33,34). The number of hydrogen-bond acceptors (Lipinski definition) is 10. The minimum Gasteiger partial charge on any atom is -0.507 e. The molecule has 0 aliphatic rings. The Hall–Kier alpha value is -4.31. The molecule has 186 valence electrons. The number of nitrogen functional groups attached to an aromatic ring is 1. The Morgan fingerprint density at radius 3 is 2.11 bits per heavy atom. The number of nitrogens with zero attached hydrogens (tertiary/aromatic N) is 2. The summed E-state index contributed by atoms with van der Waals surface area (Å²) in [6, 6.07) is 8.82. The van der Waals surface area contributed by atoms with Gasteiger partial charge >= 0.3 is 5.97 Å². The summed E-state index contributed by atoms with van der Waals surface area (Å²) in [6.07, 6.45) is 0. The highest BCUT2D eigenvalue weighted by molar-refractivity contribution is 7.86. The van der Waals surface area contributed by atoms with E-state index in [4.69, 9.17) is 5.73 Å². The maximum Gasteiger partial charge on any atom is 0.340 e. The molecule has 4 aromatic carbocycles. The molecule has 0 aromatic heterocycles. The van der Waals surface area contributed by atoms with Gasteiger partial charge in [-0.15, -0.1) is 10.2 Å². The Kier molecular flexibility index (Phi) is 5.80. The average molecular weight is 533 g/mol. The number of phenols is 2. The van der Waals surface area contributed by atoms with Crippen LogP contribution in [0.1, 0.15) is 10.4 Å². The predicted molar refractivity (Wildman–Crippen MR) is 126 cm³/mol. The van der Waals surface area contributed by atoms with Gasteiger partial charge in [-0.1, -0.05) is 12.1 Å². The van der Waals surface area contributed by atoms with E-state index in [0.717, 1.165) is 24.3 Å². The molecule has 0 spiro atoms. The van der Waals surface area contributed by atoms with Crippen molar-refractivity contribution in [2.45, 2.75) is 9.79 Å². The molecule has 0 atom stereocenters. The van der Waals surface area contributed by atoms with E-state index in [2.05, 4.69) is 10.2 Å². The fourth-order valence-corrected chi connectivity index (χ4v) is 4.87. The van der Waals surface area contributed by atoms with Gasteiger partial charge in [0.25, 0.3) is 20.2 Å². The Morgan fingerprint density at radius 1 is 0.806 bits per heavy atom. The molecule has 4 aromatic rings. The molecule has 36 heavy (non-hydrogen) atoms. The summed E-state index contributed by atoms with van der Waals surface area (Å²) >= 11 is 0. The fraction of sp³-hybridized carbons (Fsp3) is 0. The number of azo groups is 1. The lowest BCUT2D eigenvalue weighted by molar-refractivity contribution is 0.0696. The van der Waals surface area contributed by atoms with Gasteiger partial charge in [-0.05, 0) is 30.3 Å². The summed E-state index contributed by atoms with van der Waals surface area (Å²) in [5.74, 6) is -3.04. The third kappa shape index (κ3) is 4.27. The number of phenolic OH excluding ortho intramolecular Hbond substituents is 1. The third-order valence-electron chi connectivity index (χ3n) is 5.23. The van der Waals surface area contributed by atoms with Crippen molar-refractivity contribution in [1.29, 1.82) is 0 Å². The molecule has 0 heterocycles. The summed E-state index contributed by atoms with van der Waals surface area (Å²) in [5, 5.41) is 37.6. The zero-order valence-electron chi connectivity index (χ0n) is 17.7. The number of fused-ring (bicyclic) bond motifs is 2. The van der Waals surface area contributed by atoms with Gasteiger partial charge in [-0.25, -0.2) is 4.79 Å². The lowest BCUT2D eigenvalue weighted by Gasteiger charge is -2.11. The number of carboxylic acids is 1. The van der Waals surface area contributed by atoms with E-state index in [1.54, 1.807) is 0 Å². The number of benzene rings is 4. The van der Waals surface area contributed by atoms with Crippen molar-refractivity contribution in [2.75, 3.05) is 5.73 Å². The van der Waals surface area contributed by atoms with Crippen molar-refractivity contribution in [3.63, 3.8) is 0 Å². The van der Waals surface area contributed by atoms with Crippen LogP contribution in [-0.2, 0) is 20.2 Å². The first-order valence-corrected chi connectivity index (χ1v) is 12.5. The molecule has 4 rings (SSSR count). The first-order valence-electron chi connectivity index (χ1n) is 9.64. The quantitative estimate of drug-likeness (QED) is 0.123. The van der Waals surface area contributed by atoms with Gasteiger partial charge in [-0.3, -0.25) is 9.11 Å². The van der Waals surface area contributed by atoms with E-state index < -0.39 is 58.7 Å². The highest BCUT2D eigenvalue weighted by Crippen LogP contribution is 2.42. The molecule has 13 nitrogen and oxygen atoms in total. The van der Waals surface area contributed by atoms with Gasteiger partial charge in [-0.2, -0.15) is 16.8 Å². The van der Waals surface area contributed by atoms with Crippen molar-refractivity contribution in [3.05, 3.63) is 54.1 Å². The predicted octanol–water partition coefficient (Wildman–Crippen LogP) is 3.59. The number of nitrogens with two attached hydrogens (primary N) is 1. The van der Waals surface area contributed by atoms with Crippen LogP contribution in [-0.4, -0.2) is 47.2 Å². The number of aromatic hydroxyl groups is 2. The van der Waals surface area contributed by atoms with Crippen LogP contribution in [0.15, 0.2) is 68.6 Å². The molecule has 0 saturated heterocycles. The zero-order valence-corrected chi connectivity index (χ0v) is 19.3. The maximum absolute atomic E-state index is 11.8. The monoisotopic (exact) mass is 533 g/mol. The van der Waals surface area contributed by atoms with Crippen LogP contribution in [0.4, 0.5) is 17.1 Å². The van der Waals surface area contributed by atoms with E-state index in [1.807, 2.05) is 0 Å². The van der Waals surface area contributed by atoms with E-state index >= 15 is 0 Å². The minimum atomic E-state index is -4.80. The summed E-state index contributed by atoms with van der Waals surface area (Å²) < 4.78 is 65.7. The van der Waals surface area contributed by atoms with Crippen molar-refractivity contribution in [3.8, 4) is 11.5 Å². The Balaban J connectivity index is 2.03. The van der Waals surface area contributed by atoms with Crippen LogP contribution >= 0.6 is 0 Å². The second-order valence-electron chi connectivity index (χ2n) is 7.47. The summed E-state index contributed by atoms with van der Waals surface area (Å²) in [4.78, 5) is 10.5. The number of anilines is 1. The molecular formula is C21H15N3O10S2. The Labute approximate surface area is 202 Å². The Morgan fingerprint density at radius 2 is 1.50 bits per heavy atom. The van der Waals surface area contributed by atoms with Gasteiger partial charge in [0.2, 0.25) is 0 Å². The van der Waals surface area contributed by atoms with Crippen molar-refractivity contribution in [2.24, 2.45) is 10.2 Å². The largest absolute Gasteiger partial charge is 0.507 e. The van der Waals surface area contributed by atoms with Gasteiger partial charge in [0.05, 0.1) is 10.6 Å². The highest BCUT2D eigenvalue weighted by atomic mass is 32.2. The van der Waals surface area contributed by atoms with Crippen LogP contribution in [0.2, 0.25) is 0 Å². The number of carboxylic acid groups (broad SMARTS) is 1. The molecule has 0 amide bonds. The number of hydrogen-bond donors (Lipinski definition) is 6. The lowest BCUT2D eigenvalue weighted by Crippen LogP contribution is -2.03. The van der Waals surface area contributed by atoms with Crippen molar-refractivity contribution >= 4 is 64.8 Å². The molecule has 0 saturated carbocycles. The second-order valence-corrected chi connectivity index (χ2v) is 10.3. The number of aromatic carboxylic acids is 1. The van der Waals surface area contributed by atoms with Crippen LogP contribution in [0, 0.1) is 0 Å². The molecule has 0 aliphatic carbocycles. The first-order chi connectivity index (χ1) is 16.7. The molecular weight excluding hydrogens is 518 g/mol. The molecule has 7 N–H and O–H groups in total. The topological polar surface area (TPSA) is 237 Å². The van der Waals surface area contributed by atoms with Crippen LogP contribution in [0.5, 0.6) is 11.5 Å². The normalized spacial score (nSPS) is 12.5. The molecule has 0 bridgehead atoms. The van der Waals surface area contributed by atoms with Gasteiger partial charge in [0, 0.05) is 27.6 Å². The summed E-state index contributed by atoms with van der Waals surface area (Å²) in [7, 11) is -9.54. The van der Waals surface area contributed by atoms with Gasteiger partial charge in [0.1, 0.15) is 27.6 Å². The van der Waals surface area contributed by atoms with Gasteiger partial charge < -0.3 is 21.1 Å². The van der Waals surface area contributed by atoms with Crippen LogP contribution < -0.4 is 5.73 Å². The average Bonchev–Trinajstić information content (AvgIpc) is 2.76. The SMILES string of the molecule is Nc1ccc2c(O)cc(S(=O)(=O)O)cc2c1N=Nc1cc2c(S(=O)(=O)O)cccc2c(C(=O)O)c1O. The van der Waals surface area contributed by atoms with Crippen molar-refractivity contribution in [1.82, 2.24) is 0 Å². The fourth-order valence-electron chi connectivity index (χ4n) is 3.64. The minimum absolute atomic E-state index is 0.0660. The molecule has 0 radical (unpaired) electrons. The number of rotatable bonds is 5. The van der Waals surface area contributed by atoms with Crippen LogP contribution in [0.3, 0.4) is 0 Å². The van der Waals surface area contributed by atoms with E-state index in [-0.39, 0.29) is 32.9 Å². The van der Waals surface area contributed by atoms with Gasteiger partial charge in [0.15, 0.2) is 5.75 Å². The first kappa shape index (κ1) is 24.8. The van der Waals surface area contributed by atoms with E-state index in [1.165, 1.54) is 24.3 Å². The van der Waals surface area contributed by atoms with E-state index in [9.17, 15) is 46.1 Å². The lowest BCUT2D eigenvalue weighted by atomic mass is 10.0. The summed E-state index contributed by atoms with van der Waals surface area (Å²) in [5.41, 5.74) is 4.40. The number of carbonyl (C=O) groups is 1. The van der Waals surface area contributed by atoms with Crippen LogP contribution in [0.25, 0.3) is 21.5 Å². The third-order valence-corrected chi connectivity index (χ3v) is 6.98. The van der Waals surface area contributed by atoms with E-state index in [0.29, 0.717) is 0 Å². The Bertz CT molecular complexity index is 1850. The molecule has 0 unspecified atom stereocenters. The summed E-state index contributed by atoms with van der Waals surface area (Å²) in [6.45, 7) is 0. The zero-order chi connectivity index (χ0) is 26.6. The molecule has 0 aliphatic heterocycles. The highest BCUT2D eigenvalue weighted by Gasteiger charge is 2.23.